The molecule has 0 aliphatic rings. The Hall–Kier alpha value is -1.81. The summed E-state index contributed by atoms with van der Waals surface area (Å²) in [5, 5.41) is 3.68. The van der Waals surface area contributed by atoms with Crippen LogP contribution in [0, 0.1) is 0 Å². The normalized spacial score (nSPS) is 10.6. The Balaban J connectivity index is 2.11. The van der Waals surface area contributed by atoms with Gasteiger partial charge in [0.15, 0.2) is 5.76 Å². The average Bonchev–Trinajstić information content (AvgIpc) is 2.73. The number of hydrogen-bond donors (Lipinski definition) is 2. The fourth-order valence-corrected chi connectivity index (χ4v) is 1.48. The van der Waals surface area contributed by atoms with E-state index < -0.39 is 0 Å². The number of carbonyl (C=O) groups excluding carboxylic acids is 1. The van der Waals surface area contributed by atoms with Gasteiger partial charge in [0, 0.05) is 11.9 Å². The Kier molecular flexibility index (Phi) is 3.22. The number of furan rings is 1. The summed E-state index contributed by atoms with van der Waals surface area (Å²) < 4.78 is 5.42. The third-order valence-electron chi connectivity index (χ3n) is 2.32. The highest BCUT2D eigenvalue weighted by Crippen LogP contribution is 2.18. The van der Waals surface area contributed by atoms with E-state index in [9.17, 15) is 4.79 Å². The van der Waals surface area contributed by atoms with E-state index in [1.807, 2.05) is 24.3 Å². The Morgan fingerprint density at radius 2 is 2.19 bits per heavy atom. The van der Waals surface area contributed by atoms with Crippen LogP contribution in [-0.4, -0.2) is 19.0 Å². The predicted octanol–water partition coefficient (Wildman–Crippen LogP) is 1.51. The quantitative estimate of drug-likeness (QED) is 0.764. The van der Waals surface area contributed by atoms with Gasteiger partial charge in [-0.15, -0.1) is 0 Å². The fraction of sp³-hybridized carbons (Fsp3) is 0.250. The Labute approximate surface area is 93.4 Å². The van der Waals surface area contributed by atoms with E-state index in [-0.39, 0.29) is 5.91 Å². The van der Waals surface area contributed by atoms with Crippen molar-refractivity contribution in [2.75, 3.05) is 13.1 Å². The molecule has 0 radical (unpaired) electrons. The van der Waals surface area contributed by atoms with Crippen LogP contribution >= 0.6 is 0 Å². The lowest BCUT2D eigenvalue weighted by Crippen LogP contribution is -2.25. The van der Waals surface area contributed by atoms with Crippen LogP contribution in [0.4, 0.5) is 0 Å². The van der Waals surface area contributed by atoms with Crippen molar-refractivity contribution >= 4 is 16.9 Å². The van der Waals surface area contributed by atoms with E-state index in [1.54, 1.807) is 6.07 Å². The number of amides is 1. The summed E-state index contributed by atoms with van der Waals surface area (Å²) in [5.74, 6) is 0.155. The molecule has 1 heterocycles. The molecule has 0 saturated heterocycles. The van der Waals surface area contributed by atoms with E-state index in [0.717, 1.165) is 17.4 Å². The molecule has 0 spiro atoms. The summed E-state index contributed by atoms with van der Waals surface area (Å²) in [7, 11) is 0. The van der Waals surface area contributed by atoms with Crippen LogP contribution in [0.1, 0.15) is 17.0 Å². The molecule has 0 aliphatic carbocycles. The lowest BCUT2D eigenvalue weighted by molar-refractivity contribution is 0.0928. The molecule has 1 aromatic heterocycles. The van der Waals surface area contributed by atoms with E-state index in [0.29, 0.717) is 18.8 Å². The third kappa shape index (κ3) is 2.23. The van der Waals surface area contributed by atoms with Crippen LogP contribution in [0.5, 0.6) is 0 Å². The smallest absolute Gasteiger partial charge is 0.287 e. The van der Waals surface area contributed by atoms with E-state index in [2.05, 4.69) is 5.32 Å². The van der Waals surface area contributed by atoms with Crippen molar-refractivity contribution < 1.29 is 9.21 Å². The minimum Gasteiger partial charge on any atom is -0.451 e. The molecule has 84 valence electrons. The highest BCUT2D eigenvalue weighted by molar-refractivity contribution is 5.95. The first-order valence-electron chi connectivity index (χ1n) is 5.28. The maximum atomic E-state index is 11.6. The summed E-state index contributed by atoms with van der Waals surface area (Å²) >= 11 is 0. The van der Waals surface area contributed by atoms with Gasteiger partial charge in [0.05, 0.1) is 0 Å². The summed E-state index contributed by atoms with van der Waals surface area (Å²) in [6.45, 7) is 1.15. The number of para-hydroxylation sites is 1. The van der Waals surface area contributed by atoms with Crippen molar-refractivity contribution in [2.45, 2.75) is 6.42 Å². The van der Waals surface area contributed by atoms with E-state index >= 15 is 0 Å². The van der Waals surface area contributed by atoms with Crippen molar-refractivity contribution in [2.24, 2.45) is 5.73 Å². The van der Waals surface area contributed by atoms with Gasteiger partial charge in [0.1, 0.15) is 5.58 Å². The van der Waals surface area contributed by atoms with Crippen LogP contribution in [0.3, 0.4) is 0 Å². The SMILES string of the molecule is NCCCNC(=O)c1cc2ccccc2o1. The van der Waals surface area contributed by atoms with Gasteiger partial charge in [-0.05, 0) is 25.1 Å². The number of benzene rings is 1. The van der Waals surface area contributed by atoms with Gasteiger partial charge in [-0.1, -0.05) is 18.2 Å². The maximum absolute atomic E-state index is 11.6. The second-order valence-electron chi connectivity index (χ2n) is 3.55. The number of rotatable bonds is 4. The largest absolute Gasteiger partial charge is 0.451 e. The molecule has 0 atom stereocenters. The zero-order valence-corrected chi connectivity index (χ0v) is 8.90. The first-order valence-corrected chi connectivity index (χ1v) is 5.28. The zero-order valence-electron chi connectivity index (χ0n) is 8.90. The number of carbonyl (C=O) groups is 1. The van der Waals surface area contributed by atoms with Crippen molar-refractivity contribution in [3.63, 3.8) is 0 Å². The highest BCUT2D eigenvalue weighted by atomic mass is 16.3. The molecule has 1 amide bonds. The molecule has 4 heteroatoms. The van der Waals surface area contributed by atoms with Crippen molar-refractivity contribution in [3.8, 4) is 0 Å². The fourth-order valence-electron chi connectivity index (χ4n) is 1.48. The standard InChI is InChI=1S/C12H14N2O2/c13-6-3-7-14-12(15)11-8-9-4-1-2-5-10(9)16-11/h1-2,4-5,8H,3,6-7,13H2,(H,14,15). The topological polar surface area (TPSA) is 68.3 Å². The van der Waals surface area contributed by atoms with E-state index in [1.165, 1.54) is 0 Å². The Morgan fingerprint density at radius 1 is 1.38 bits per heavy atom. The van der Waals surface area contributed by atoms with Crippen LogP contribution < -0.4 is 11.1 Å². The second-order valence-corrected chi connectivity index (χ2v) is 3.55. The van der Waals surface area contributed by atoms with Crippen molar-refractivity contribution in [1.82, 2.24) is 5.32 Å². The van der Waals surface area contributed by atoms with Gasteiger partial charge in [-0.2, -0.15) is 0 Å². The lowest BCUT2D eigenvalue weighted by Gasteiger charge is -2.00. The van der Waals surface area contributed by atoms with Gasteiger partial charge in [0.25, 0.3) is 5.91 Å². The number of nitrogens with one attached hydrogen (secondary N) is 1. The number of nitrogens with two attached hydrogens (primary N) is 1. The highest BCUT2D eigenvalue weighted by Gasteiger charge is 2.10. The average molecular weight is 218 g/mol. The molecule has 0 unspecified atom stereocenters. The first-order chi connectivity index (χ1) is 7.81. The van der Waals surface area contributed by atoms with Crippen LogP contribution in [0.15, 0.2) is 34.7 Å². The molecule has 0 fully saturated rings. The molecule has 0 aliphatic heterocycles. The van der Waals surface area contributed by atoms with E-state index in [4.69, 9.17) is 10.2 Å². The summed E-state index contributed by atoms with van der Waals surface area (Å²) in [4.78, 5) is 11.6. The molecule has 0 bridgehead atoms. The number of hydrogen-bond acceptors (Lipinski definition) is 3. The molecule has 4 nitrogen and oxygen atoms in total. The minimum atomic E-state index is -0.190. The molecule has 2 aromatic rings. The van der Waals surface area contributed by atoms with Crippen molar-refractivity contribution in [1.29, 1.82) is 0 Å². The monoisotopic (exact) mass is 218 g/mol. The van der Waals surface area contributed by atoms with Gasteiger partial charge in [0.2, 0.25) is 0 Å². The van der Waals surface area contributed by atoms with Crippen LogP contribution in [0.2, 0.25) is 0 Å². The Bertz CT molecular complexity index is 457. The molecule has 3 N–H and O–H groups in total. The van der Waals surface area contributed by atoms with Gasteiger partial charge < -0.3 is 15.5 Å². The molecular formula is C12H14N2O2. The van der Waals surface area contributed by atoms with Gasteiger partial charge in [-0.25, -0.2) is 0 Å². The Morgan fingerprint density at radius 3 is 2.94 bits per heavy atom. The molecule has 16 heavy (non-hydrogen) atoms. The summed E-state index contributed by atoms with van der Waals surface area (Å²) in [5.41, 5.74) is 6.07. The predicted molar refractivity (Wildman–Crippen MR) is 62.2 cm³/mol. The lowest BCUT2D eigenvalue weighted by atomic mass is 10.2. The van der Waals surface area contributed by atoms with Gasteiger partial charge >= 0.3 is 0 Å². The third-order valence-corrected chi connectivity index (χ3v) is 2.32. The maximum Gasteiger partial charge on any atom is 0.287 e. The second kappa shape index (κ2) is 4.81. The minimum absolute atomic E-state index is 0.190. The molecule has 1 aromatic carbocycles. The van der Waals surface area contributed by atoms with Gasteiger partial charge in [-0.3, -0.25) is 4.79 Å². The van der Waals surface area contributed by atoms with Crippen LogP contribution in [-0.2, 0) is 0 Å². The molecule has 0 saturated carbocycles. The summed E-state index contributed by atoms with van der Waals surface area (Å²) in [6, 6.07) is 9.28. The summed E-state index contributed by atoms with van der Waals surface area (Å²) in [6.07, 6.45) is 0.770. The van der Waals surface area contributed by atoms with Crippen LogP contribution in [0.25, 0.3) is 11.0 Å². The number of fused-ring (bicyclic) bond motifs is 1. The first kappa shape index (κ1) is 10.7. The molecule has 2 rings (SSSR count). The zero-order chi connectivity index (χ0) is 11.4. The van der Waals surface area contributed by atoms with Crippen molar-refractivity contribution in [3.05, 3.63) is 36.1 Å². The molecular weight excluding hydrogens is 204 g/mol.